The molecule has 31 heavy (non-hydrogen) atoms. The Bertz CT molecular complexity index is 1430. The van der Waals surface area contributed by atoms with Gasteiger partial charge in [0.05, 0.1) is 28.8 Å². The number of aromatic nitrogens is 4. The Morgan fingerprint density at radius 1 is 1.13 bits per heavy atom. The van der Waals surface area contributed by atoms with E-state index in [2.05, 4.69) is 26.4 Å². The molecule has 0 bridgehead atoms. The van der Waals surface area contributed by atoms with Gasteiger partial charge in [0.1, 0.15) is 5.69 Å². The molecule has 2 aromatic carbocycles. The van der Waals surface area contributed by atoms with Crippen LogP contribution in [0.5, 0.6) is 0 Å². The summed E-state index contributed by atoms with van der Waals surface area (Å²) in [6.07, 6.45) is 4.57. The van der Waals surface area contributed by atoms with Gasteiger partial charge in [0, 0.05) is 17.1 Å². The Morgan fingerprint density at radius 3 is 2.65 bits per heavy atom. The Morgan fingerprint density at radius 2 is 1.94 bits per heavy atom. The molecule has 1 saturated carbocycles. The lowest BCUT2D eigenvalue weighted by Gasteiger charge is -2.19. The number of nitriles is 1. The number of rotatable bonds is 3. The lowest BCUT2D eigenvalue weighted by atomic mass is 9.93. The molecule has 2 heterocycles. The molecule has 5 rings (SSSR count). The molecule has 8 heteroatoms. The van der Waals surface area contributed by atoms with Gasteiger partial charge in [0.2, 0.25) is 5.62 Å². The van der Waals surface area contributed by atoms with Crippen LogP contribution in [0.25, 0.3) is 22.2 Å². The van der Waals surface area contributed by atoms with E-state index in [1.807, 2.05) is 30.3 Å². The average molecular weight is 409 g/mol. The summed E-state index contributed by atoms with van der Waals surface area (Å²) in [6, 6.07) is 18.5. The number of nitrogens with one attached hydrogen (secondary N) is 1. The largest absolute Gasteiger partial charge is 0.265 e. The standard InChI is InChI=1S/C23H16FN7/c24-29-21(23(9-10-23)18-7-8-19-17(12-18)2-1-11-27-19)31-22(26)28-14-20(30-31)16-5-3-15(13-25)4-6-16/h1-8,11-12,14,26H,9-10H2/b26-22?,29-21+. The van der Waals surface area contributed by atoms with Crippen molar-refractivity contribution in [2.45, 2.75) is 18.3 Å². The van der Waals surface area contributed by atoms with Gasteiger partial charge in [-0.1, -0.05) is 34.0 Å². The van der Waals surface area contributed by atoms with Crippen molar-refractivity contribution in [3.05, 3.63) is 83.7 Å². The zero-order chi connectivity index (χ0) is 21.4. The summed E-state index contributed by atoms with van der Waals surface area (Å²) < 4.78 is 15.2. The molecule has 1 aliphatic carbocycles. The highest BCUT2D eigenvalue weighted by molar-refractivity contribution is 5.97. The van der Waals surface area contributed by atoms with Crippen LogP contribution < -0.4 is 5.62 Å². The first-order valence-electron chi connectivity index (χ1n) is 9.71. The Kier molecular flexibility index (Phi) is 4.37. The highest BCUT2D eigenvalue weighted by Gasteiger charge is 2.51. The molecule has 0 aliphatic heterocycles. The van der Waals surface area contributed by atoms with Gasteiger partial charge in [-0.05, 0) is 48.7 Å². The summed E-state index contributed by atoms with van der Waals surface area (Å²) in [7, 11) is 0. The molecule has 1 aliphatic rings. The van der Waals surface area contributed by atoms with Crippen molar-refractivity contribution >= 4 is 16.7 Å². The second-order valence-electron chi connectivity index (χ2n) is 7.47. The van der Waals surface area contributed by atoms with Crippen molar-refractivity contribution in [1.82, 2.24) is 19.7 Å². The fourth-order valence-corrected chi connectivity index (χ4v) is 3.81. The SMILES string of the molecule is N#Cc1ccc(-c2cnc(=N)n(/C(=N/F)C3(c4ccc5ncccc5c4)CC3)n2)cc1. The van der Waals surface area contributed by atoms with Crippen molar-refractivity contribution in [2.24, 2.45) is 5.21 Å². The first-order chi connectivity index (χ1) is 15.1. The van der Waals surface area contributed by atoms with Crippen LogP contribution in [0.2, 0.25) is 0 Å². The first-order valence-corrected chi connectivity index (χ1v) is 9.71. The normalized spacial score (nSPS) is 14.9. The van der Waals surface area contributed by atoms with E-state index in [1.54, 1.807) is 30.5 Å². The van der Waals surface area contributed by atoms with Crippen LogP contribution in [-0.4, -0.2) is 25.6 Å². The molecule has 0 spiro atoms. The van der Waals surface area contributed by atoms with Crippen molar-refractivity contribution in [2.75, 3.05) is 0 Å². The number of fused-ring (bicyclic) bond motifs is 1. The van der Waals surface area contributed by atoms with Crippen LogP contribution in [0.15, 0.2) is 72.2 Å². The van der Waals surface area contributed by atoms with Crippen LogP contribution in [0.1, 0.15) is 24.0 Å². The van der Waals surface area contributed by atoms with Gasteiger partial charge in [-0.2, -0.15) is 15.0 Å². The maximum atomic E-state index is 14.1. The average Bonchev–Trinajstić information content (AvgIpc) is 3.62. The van der Waals surface area contributed by atoms with E-state index < -0.39 is 5.41 Å². The van der Waals surface area contributed by atoms with E-state index in [0.717, 1.165) is 21.1 Å². The van der Waals surface area contributed by atoms with Gasteiger partial charge in [0.15, 0.2) is 5.84 Å². The molecule has 4 aromatic rings. The number of pyridine rings is 1. The second-order valence-corrected chi connectivity index (χ2v) is 7.47. The van der Waals surface area contributed by atoms with E-state index in [0.29, 0.717) is 29.7 Å². The zero-order valence-corrected chi connectivity index (χ0v) is 16.3. The lowest BCUT2D eigenvalue weighted by molar-refractivity contribution is 0.517. The monoisotopic (exact) mass is 409 g/mol. The summed E-state index contributed by atoms with van der Waals surface area (Å²) in [6.45, 7) is 0. The van der Waals surface area contributed by atoms with Crippen LogP contribution in [0.4, 0.5) is 4.48 Å². The second kappa shape index (κ2) is 7.22. The third-order valence-electron chi connectivity index (χ3n) is 5.64. The van der Waals surface area contributed by atoms with E-state index in [1.165, 1.54) is 6.20 Å². The highest BCUT2D eigenvalue weighted by Crippen LogP contribution is 2.50. The molecule has 1 fully saturated rings. The molecule has 2 aromatic heterocycles. The van der Waals surface area contributed by atoms with Crippen molar-refractivity contribution in [1.29, 1.82) is 10.7 Å². The Labute approximate surface area is 176 Å². The maximum Gasteiger partial charge on any atom is 0.244 e. The number of benzene rings is 2. The summed E-state index contributed by atoms with van der Waals surface area (Å²) in [5, 5.41) is 25.7. The van der Waals surface area contributed by atoms with E-state index >= 15 is 0 Å². The number of nitrogens with zero attached hydrogens (tertiary/aromatic N) is 6. The molecule has 150 valence electrons. The van der Waals surface area contributed by atoms with Crippen molar-refractivity contribution in [3.63, 3.8) is 0 Å². The first kappa shape index (κ1) is 18.8. The zero-order valence-electron chi connectivity index (χ0n) is 16.3. The highest BCUT2D eigenvalue weighted by atomic mass is 19.2. The summed E-state index contributed by atoms with van der Waals surface area (Å²) in [4.78, 5) is 8.43. The summed E-state index contributed by atoms with van der Waals surface area (Å²) in [5.41, 5.74) is 2.58. The van der Waals surface area contributed by atoms with Crippen LogP contribution >= 0.6 is 0 Å². The fraction of sp³-hybridized carbons (Fsp3) is 0.130. The van der Waals surface area contributed by atoms with Crippen LogP contribution in [-0.2, 0) is 5.41 Å². The van der Waals surface area contributed by atoms with Crippen LogP contribution in [0.3, 0.4) is 0 Å². The van der Waals surface area contributed by atoms with E-state index in [4.69, 9.17) is 10.7 Å². The lowest BCUT2D eigenvalue weighted by Crippen LogP contribution is -2.38. The number of hydrogen-bond acceptors (Lipinski definition) is 6. The van der Waals surface area contributed by atoms with E-state index in [9.17, 15) is 4.48 Å². The fourth-order valence-electron chi connectivity index (χ4n) is 3.81. The minimum atomic E-state index is -0.669. The maximum absolute atomic E-state index is 14.1. The number of halogens is 1. The molecule has 0 saturated heterocycles. The van der Waals surface area contributed by atoms with Gasteiger partial charge in [-0.3, -0.25) is 10.4 Å². The summed E-state index contributed by atoms with van der Waals surface area (Å²) >= 11 is 0. The smallest absolute Gasteiger partial charge is 0.244 e. The molecule has 1 N–H and O–H groups in total. The quantitative estimate of drug-likeness (QED) is 0.411. The van der Waals surface area contributed by atoms with Gasteiger partial charge in [-0.25, -0.2) is 4.98 Å². The molecular weight excluding hydrogens is 393 g/mol. The molecular formula is C23H16FN7. The van der Waals surface area contributed by atoms with Gasteiger partial charge < -0.3 is 0 Å². The Hall–Kier alpha value is -4.25. The number of hydrogen-bond donors (Lipinski definition) is 1. The van der Waals surface area contributed by atoms with Gasteiger partial charge in [0.25, 0.3) is 0 Å². The van der Waals surface area contributed by atoms with Gasteiger partial charge >= 0.3 is 0 Å². The minimum Gasteiger partial charge on any atom is -0.265 e. The van der Waals surface area contributed by atoms with Crippen molar-refractivity contribution < 1.29 is 4.48 Å². The summed E-state index contributed by atoms with van der Waals surface area (Å²) in [5.74, 6) is 0.0451. The molecule has 0 atom stereocenters. The van der Waals surface area contributed by atoms with Gasteiger partial charge in [-0.15, -0.1) is 0 Å². The third-order valence-corrected chi connectivity index (χ3v) is 5.64. The Balaban J connectivity index is 1.59. The predicted octanol–water partition coefficient (Wildman–Crippen LogP) is 3.71. The third kappa shape index (κ3) is 3.16. The molecule has 0 amide bonds. The topological polar surface area (TPSA) is 104 Å². The molecule has 7 nitrogen and oxygen atoms in total. The predicted molar refractivity (Wildman–Crippen MR) is 113 cm³/mol. The van der Waals surface area contributed by atoms with Crippen molar-refractivity contribution in [3.8, 4) is 17.3 Å². The molecule has 0 radical (unpaired) electrons. The molecule has 0 unspecified atom stereocenters. The van der Waals surface area contributed by atoms with Crippen LogP contribution in [0, 0.1) is 16.7 Å². The van der Waals surface area contributed by atoms with E-state index in [-0.39, 0.29) is 11.5 Å². The minimum absolute atomic E-state index is 0.0451.